The number of hydrogen-bond acceptors (Lipinski definition) is 2. The molecule has 2 aromatic rings. The molecule has 0 fully saturated rings. The van der Waals surface area contributed by atoms with E-state index in [1.807, 2.05) is 31.4 Å². The van der Waals surface area contributed by atoms with E-state index in [0.717, 1.165) is 4.88 Å². The topological polar surface area (TPSA) is 3.24 Å². The van der Waals surface area contributed by atoms with E-state index < -0.39 is 11.6 Å². The first-order valence-electron chi connectivity index (χ1n) is 6.35. The summed E-state index contributed by atoms with van der Waals surface area (Å²) in [7, 11) is 0. The Morgan fingerprint density at radius 2 is 1.90 bits per heavy atom. The zero-order chi connectivity index (χ0) is 14.7. The maximum absolute atomic E-state index is 14.2. The van der Waals surface area contributed by atoms with Crippen molar-refractivity contribution >= 4 is 28.6 Å². The Bertz CT molecular complexity index is 546. The third-order valence-corrected chi connectivity index (χ3v) is 4.22. The van der Waals surface area contributed by atoms with Gasteiger partial charge in [0.05, 0.1) is 6.54 Å². The lowest BCUT2D eigenvalue weighted by molar-refractivity contribution is 0.553. The predicted octanol–water partition coefficient (Wildman–Crippen LogP) is 5.18. The summed E-state index contributed by atoms with van der Waals surface area (Å²) in [4.78, 5) is 2.80. The summed E-state index contributed by atoms with van der Waals surface area (Å²) < 4.78 is 28.4. The fourth-order valence-corrected chi connectivity index (χ4v) is 2.92. The number of hydrogen-bond donors (Lipinski definition) is 0. The molecule has 5 heteroatoms. The summed E-state index contributed by atoms with van der Waals surface area (Å²) in [5.74, 6) is -1.03. The summed E-state index contributed by atoms with van der Waals surface area (Å²) in [6, 6.07) is 6.48. The van der Waals surface area contributed by atoms with E-state index in [-0.39, 0.29) is 17.6 Å². The van der Waals surface area contributed by atoms with Gasteiger partial charge in [0, 0.05) is 16.8 Å². The van der Waals surface area contributed by atoms with Crippen LogP contribution >= 0.6 is 22.9 Å². The molecule has 0 atom stereocenters. The zero-order valence-electron chi connectivity index (χ0n) is 11.4. The molecule has 0 aliphatic heterocycles. The number of halogens is 3. The summed E-state index contributed by atoms with van der Waals surface area (Å²) >= 11 is 7.21. The molecule has 0 saturated carbocycles. The molecule has 0 unspecified atom stereocenters. The van der Waals surface area contributed by atoms with Gasteiger partial charge in [-0.05, 0) is 43.0 Å². The van der Waals surface area contributed by atoms with E-state index in [9.17, 15) is 8.78 Å². The summed E-state index contributed by atoms with van der Waals surface area (Å²) in [5.41, 5.74) is 0.465. The second-order valence-corrected chi connectivity index (χ2v) is 6.14. The lowest BCUT2D eigenvalue weighted by Gasteiger charge is -2.29. The average molecular weight is 316 g/mol. The molecule has 0 aliphatic rings. The SMILES string of the molecule is CC(C)N(Cc1cccs1)c1c(F)cc(CCl)cc1F. The number of thiophene rings is 1. The maximum atomic E-state index is 14.2. The van der Waals surface area contributed by atoms with Crippen molar-refractivity contribution in [3.8, 4) is 0 Å². The molecule has 0 saturated heterocycles. The third kappa shape index (κ3) is 3.30. The first kappa shape index (κ1) is 15.3. The summed E-state index contributed by atoms with van der Waals surface area (Å²) in [6.45, 7) is 4.33. The zero-order valence-corrected chi connectivity index (χ0v) is 12.9. The van der Waals surface area contributed by atoms with Crippen LogP contribution in [0, 0.1) is 11.6 Å². The van der Waals surface area contributed by atoms with Crippen LogP contribution in [0.25, 0.3) is 0 Å². The minimum Gasteiger partial charge on any atom is -0.359 e. The van der Waals surface area contributed by atoms with E-state index in [4.69, 9.17) is 11.6 Å². The molecule has 0 radical (unpaired) electrons. The highest BCUT2D eigenvalue weighted by Crippen LogP contribution is 2.29. The fraction of sp³-hybridized carbons (Fsp3) is 0.333. The van der Waals surface area contributed by atoms with Crippen LogP contribution in [0.1, 0.15) is 24.3 Å². The second kappa shape index (κ2) is 6.55. The molecule has 1 aromatic carbocycles. The second-order valence-electron chi connectivity index (χ2n) is 4.84. The summed E-state index contributed by atoms with van der Waals surface area (Å²) in [6.07, 6.45) is 0. The van der Waals surface area contributed by atoms with Crippen LogP contribution in [0.3, 0.4) is 0 Å². The molecule has 2 rings (SSSR count). The number of rotatable bonds is 5. The van der Waals surface area contributed by atoms with Crippen molar-refractivity contribution in [2.45, 2.75) is 32.3 Å². The van der Waals surface area contributed by atoms with Crippen molar-refractivity contribution in [3.05, 3.63) is 51.7 Å². The van der Waals surface area contributed by atoms with E-state index in [2.05, 4.69) is 0 Å². The normalized spacial score (nSPS) is 11.1. The van der Waals surface area contributed by atoms with Crippen molar-refractivity contribution in [2.75, 3.05) is 4.90 Å². The number of anilines is 1. The Balaban J connectivity index is 2.39. The first-order valence-corrected chi connectivity index (χ1v) is 7.77. The number of nitrogens with zero attached hydrogens (tertiary/aromatic N) is 1. The van der Waals surface area contributed by atoms with Gasteiger partial charge in [-0.25, -0.2) is 8.78 Å². The van der Waals surface area contributed by atoms with Gasteiger partial charge in [0.2, 0.25) is 0 Å². The quantitative estimate of drug-likeness (QED) is 0.687. The lowest BCUT2D eigenvalue weighted by atomic mass is 10.1. The van der Waals surface area contributed by atoms with Gasteiger partial charge in [-0.3, -0.25) is 0 Å². The molecular weight excluding hydrogens is 300 g/mol. The fourth-order valence-electron chi connectivity index (χ4n) is 2.06. The minimum absolute atomic E-state index is 0.0112. The van der Waals surface area contributed by atoms with Gasteiger partial charge in [0.15, 0.2) is 0 Å². The molecule has 1 nitrogen and oxygen atoms in total. The van der Waals surface area contributed by atoms with Crippen LogP contribution in [0.5, 0.6) is 0 Å². The first-order chi connectivity index (χ1) is 9.52. The van der Waals surface area contributed by atoms with E-state index in [0.29, 0.717) is 12.1 Å². The molecule has 0 bridgehead atoms. The number of benzene rings is 1. The highest BCUT2D eigenvalue weighted by atomic mass is 35.5. The van der Waals surface area contributed by atoms with Gasteiger partial charge in [0.25, 0.3) is 0 Å². The van der Waals surface area contributed by atoms with Crippen molar-refractivity contribution < 1.29 is 8.78 Å². The Kier molecular flexibility index (Phi) is 5.00. The smallest absolute Gasteiger partial charge is 0.149 e. The largest absolute Gasteiger partial charge is 0.359 e. The van der Waals surface area contributed by atoms with Crippen LogP contribution in [0.15, 0.2) is 29.6 Å². The van der Waals surface area contributed by atoms with Crippen LogP contribution in [0.4, 0.5) is 14.5 Å². The Morgan fingerprint density at radius 3 is 2.35 bits per heavy atom. The average Bonchev–Trinajstić information content (AvgIpc) is 2.89. The third-order valence-electron chi connectivity index (χ3n) is 3.05. The van der Waals surface area contributed by atoms with Crippen LogP contribution in [-0.4, -0.2) is 6.04 Å². The molecule has 0 N–H and O–H groups in total. The molecule has 108 valence electrons. The Morgan fingerprint density at radius 1 is 1.25 bits per heavy atom. The van der Waals surface area contributed by atoms with Gasteiger partial charge in [-0.1, -0.05) is 6.07 Å². The van der Waals surface area contributed by atoms with Gasteiger partial charge >= 0.3 is 0 Å². The van der Waals surface area contributed by atoms with Crippen LogP contribution < -0.4 is 4.90 Å². The Hall–Kier alpha value is -1.13. The molecule has 1 heterocycles. The van der Waals surface area contributed by atoms with Crippen molar-refractivity contribution in [1.29, 1.82) is 0 Å². The van der Waals surface area contributed by atoms with E-state index in [1.165, 1.54) is 12.1 Å². The van der Waals surface area contributed by atoms with E-state index in [1.54, 1.807) is 16.2 Å². The van der Waals surface area contributed by atoms with Gasteiger partial charge in [-0.2, -0.15) is 0 Å². The van der Waals surface area contributed by atoms with Crippen molar-refractivity contribution in [3.63, 3.8) is 0 Å². The Labute approximate surface area is 126 Å². The highest BCUT2D eigenvalue weighted by Gasteiger charge is 2.21. The monoisotopic (exact) mass is 315 g/mol. The van der Waals surface area contributed by atoms with Crippen LogP contribution in [0.2, 0.25) is 0 Å². The molecule has 0 amide bonds. The van der Waals surface area contributed by atoms with Crippen LogP contribution in [-0.2, 0) is 12.4 Å². The maximum Gasteiger partial charge on any atom is 0.149 e. The highest BCUT2D eigenvalue weighted by molar-refractivity contribution is 7.09. The minimum atomic E-state index is -0.564. The molecule has 20 heavy (non-hydrogen) atoms. The molecule has 0 spiro atoms. The lowest BCUT2D eigenvalue weighted by Crippen LogP contribution is -2.31. The standard InChI is InChI=1S/C15H16ClF2NS/c1-10(2)19(9-12-4-3-5-20-12)15-13(17)6-11(8-16)7-14(15)18/h3-7,10H,8-9H2,1-2H3. The predicted molar refractivity (Wildman–Crippen MR) is 81.6 cm³/mol. The summed E-state index contributed by atoms with van der Waals surface area (Å²) in [5, 5.41) is 1.96. The van der Waals surface area contributed by atoms with Gasteiger partial charge in [-0.15, -0.1) is 22.9 Å². The molecule has 1 aromatic heterocycles. The number of alkyl halides is 1. The van der Waals surface area contributed by atoms with Gasteiger partial charge < -0.3 is 4.90 Å². The molecular formula is C15H16ClF2NS. The van der Waals surface area contributed by atoms with Gasteiger partial charge in [0.1, 0.15) is 17.3 Å². The van der Waals surface area contributed by atoms with Crippen molar-refractivity contribution in [1.82, 2.24) is 0 Å². The van der Waals surface area contributed by atoms with Crippen molar-refractivity contribution in [2.24, 2.45) is 0 Å². The van der Waals surface area contributed by atoms with E-state index >= 15 is 0 Å². The molecule has 0 aliphatic carbocycles.